The lowest BCUT2D eigenvalue weighted by Gasteiger charge is -2.13. The molecule has 0 spiro atoms. The molecule has 0 unspecified atom stereocenters. The molecule has 7 heteroatoms. The molecule has 1 aliphatic heterocycles. The fourth-order valence-corrected chi connectivity index (χ4v) is 1.67. The normalized spacial score (nSPS) is 14.3. The van der Waals surface area contributed by atoms with Crippen LogP contribution in [0.2, 0.25) is 0 Å². The van der Waals surface area contributed by atoms with Crippen LogP contribution in [0.1, 0.15) is 11.3 Å². The zero-order valence-corrected chi connectivity index (χ0v) is 9.43. The Morgan fingerprint density at radius 3 is 3.31 bits per heavy atom. The van der Waals surface area contributed by atoms with E-state index in [1.54, 1.807) is 0 Å². The maximum atomic E-state index is 11.3. The van der Waals surface area contributed by atoms with Crippen LogP contribution in [-0.4, -0.2) is 35.3 Å². The molecule has 1 amide bonds. The number of carbonyl (C=O) groups excluding carboxylic acids is 1. The first-order valence-electron chi connectivity index (χ1n) is 5.08. The van der Waals surface area contributed by atoms with Crippen LogP contribution >= 0.6 is 11.6 Å². The number of alkyl halides is 1. The number of amides is 1. The lowest BCUT2D eigenvalue weighted by molar-refractivity contribution is 0.168. The zero-order chi connectivity index (χ0) is 11.4. The molecule has 2 rings (SSSR count). The molecule has 0 saturated carbocycles. The predicted octanol–water partition coefficient (Wildman–Crippen LogP) is 0.843. The van der Waals surface area contributed by atoms with E-state index in [0.717, 1.165) is 24.2 Å². The van der Waals surface area contributed by atoms with Crippen LogP contribution in [0.5, 0.6) is 0 Å². The third-order valence-electron chi connectivity index (χ3n) is 2.34. The van der Waals surface area contributed by atoms with Crippen molar-refractivity contribution in [2.75, 3.05) is 24.3 Å². The van der Waals surface area contributed by atoms with E-state index in [4.69, 9.17) is 16.3 Å². The largest absolute Gasteiger partial charge is 0.448 e. The number of fused-ring (bicyclic) bond motifs is 1. The van der Waals surface area contributed by atoms with E-state index in [-0.39, 0.29) is 12.5 Å². The first-order chi connectivity index (χ1) is 7.81. The van der Waals surface area contributed by atoms with Crippen LogP contribution < -0.4 is 10.6 Å². The SMILES string of the molecule is O=C(Nc1n[nH]c2c1CNCC2)OCCCl. The molecule has 0 aromatic carbocycles. The van der Waals surface area contributed by atoms with Crippen LogP contribution in [-0.2, 0) is 17.7 Å². The number of H-pyrrole nitrogens is 1. The van der Waals surface area contributed by atoms with Crippen molar-refractivity contribution in [1.82, 2.24) is 15.5 Å². The van der Waals surface area contributed by atoms with Gasteiger partial charge in [-0.25, -0.2) is 4.79 Å². The monoisotopic (exact) mass is 244 g/mol. The minimum atomic E-state index is -0.527. The van der Waals surface area contributed by atoms with Gasteiger partial charge in [0.1, 0.15) is 6.61 Å². The van der Waals surface area contributed by atoms with Gasteiger partial charge in [0.2, 0.25) is 0 Å². The van der Waals surface area contributed by atoms with Gasteiger partial charge in [-0.05, 0) is 0 Å². The maximum absolute atomic E-state index is 11.3. The lowest BCUT2D eigenvalue weighted by atomic mass is 10.1. The molecule has 0 saturated heterocycles. The van der Waals surface area contributed by atoms with Gasteiger partial charge in [-0.15, -0.1) is 11.6 Å². The molecule has 1 aromatic rings. The van der Waals surface area contributed by atoms with Gasteiger partial charge in [-0.3, -0.25) is 10.4 Å². The second-order valence-electron chi connectivity index (χ2n) is 3.41. The van der Waals surface area contributed by atoms with E-state index in [9.17, 15) is 4.79 Å². The number of aromatic nitrogens is 2. The van der Waals surface area contributed by atoms with E-state index in [1.807, 2.05) is 0 Å². The Hall–Kier alpha value is -1.27. The fourth-order valence-electron chi connectivity index (χ4n) is 1.59. The standard InChI is InChI=1S/C9H13ClN4O2/c10-2-4-16-9(15)12-8-6-5-11-3-1-7(6)13-14-8/h11H,1-5H2,(H2,12,13,14,15). The molecule has 3 N–H and O–H groups in total. The van der Waals surface area contributed by atoms with Crippen LogP contribution in [0.15, 0.2) is 0 Å². The van der Waals surface area contributed by atoms with Crippen molar-refractivity contribution in [2.45, 2.75) is 13.0 Å². The number of carbonyl (C=O) groups is 1. The molecule has 2 heterocycles. The Labute approximate surface area is 97.7 Å². The lowest BCUT2D eigenvalue weighted by Crippen LogP contribution is -2.24. The van der Waals surface area contributed by atoms with Crippen molar-refractivity contribution >= 4 is 23.5 Å². The molecular weight excluding hydrogens is 232 g/mol. The molecule has 1 aromatic heterocycles. The summed E-state index contributed by atoms with van der Waals surface area (Å²) in [6, 6.07) is 0. The van der Waals surface area contributed by atoms with Crippen molar-refractivity contribution in [2.24, 2.45) is 0 Å². The van der Waals surface area contributed by atoms with E-state index >= 15 is 0 Å². The average Bonchev–Trinajstić information content (AvgIpc) is 2.70. The molecule has 88 valence electrons. The zero-order valence-electron chi connectivity index (χ0n) is 8.68. The second-order valence-corrected chi connectivity index (χ2v) is 3.78. The van der Waals surface area contributed by atoms with E-state index in [1.165, 1.54) is 0 Å². The number of hydrogen-bond acceptors (Lipinski definition) is 4. The van der Waals surface area contributed by atoms with Gasteiger partial charge in [-0.1, -0.05) is 0 Å². The van der Waals surface area contributed by atoms with Gasteiger partial charge in [0, 0.05) is 30.8 Å². The summed E-state index contributed by atoms with van der Waals surface area (Å²) < 4.78 is 4.80. The predicted molar refractivity (Wildman–Crippen MR) is 59.7 cm³/mol. The molecule has 1 aliphatic rings. The van der Waals surface area contributed by atoms with Crippen LogP contribution in [0.4, 0.5) is 10.6 Å². The topological polar surface area (TPSA) is 79.0 Å². The van der Waals surface area contributed by atoms with Gasteiger partial charge < -0.3 is 10.1 Å². The smallest absolute Gasteiger partial charge is 0.412 e. The number of aromatic amines is 1. The average molecular weight is 245 g/mol. The molecular formula is C9H13ClN4O2. The van der Waals surface area contributed by atoms with Crippen LogP contribution in [0.3, 0.4) is 0 Å². The summed E-state index contributed by atoms with van der Waals surface area (Å²) in [6.07, 6.45) is 0.362. The first-order valence-corrected chi connectivity index (χ1v) is 5.61. The molecule has 6 nitrogen and oxygen atoms in total. The first kappa shape index (κ1) is 11.2. The van der Waals surface area contributed by atoms with Gasteiger partial charge in [0.05, 0.1) is 5.88 Å². The highest BCUT2D eigenvalue weighted by Crippen LogP contribution is 2.19. The van der Waals surface area contributed by atoms with E-state index in [0.29, 0.717) is 12.4 Å². The molecule has 0 radical (unpaired) electrons. The van der Waals surface area contributed by atoms with Gasteiger partial charge in [-0.2, -0.15) is 5.10 Å². The number of hydrogen-bond donors (Lipinski definition) is 3. The highest BCUT2D eigenvalue weighted by Gasteiger charge is 2.18. The van der Waals surface area contributed by atoms with Crippen molar-refractivity contribution in [3.05, 3.63) is 11.3 Å². The summed E-state index contributed by atoms with van der Waals surface area (Å²) >= 11 is 5.41. The molecule has 0 bridgehead atoms. The number of halogens is 1. The minimum absolute atomic E-state index is 0.193. The van der Waals surface area contributed by atoms with E-state index < -0.39 is 6.09 Å². The summed E-state index contributed by atoms with van der Waals surface area (Å²) in [7, 11) is 0. The Bertz CT molecular complexity index is 380. The second kappa shape index (κ2) is 5.18. The Kier molecular flexibility index (Phi) is 3.63. The third kappa shape index (κ3) is 2.45. The third-order valence-corrected chi connectivity index (χ3v) is 2.49. The minimum Gasteiger partial charge on any atom is -0.448 e. The van der Waals surface area contributed by atoms with Gasteiger partial charge in [0.15, 0.2) is 5.82 Å². The molecule has 0 atom stereocenters. The Morgan fingerprint density at radius 1 is 1.62 bits per heavy atom. The maximum Gasteiger partial charge on any atom is 0.412 e. The summed E-state index contributed by atoms with van der Waals surface area (Å²) in [4.78, 5) is 11.3. The number of ether oxygens (including phenoxy) is 1. The number of nitrogens with zero attached hydrogens (tertiary/aromatic N) is 1. The van der Waals surface area contributed by atoms with E-state index in [2.05, 4.69) is 20.8 Å². The Balaban J connectivity index is 1.99. The highest BCUT2D eigenvalue weighted by molar-refractivity contribution is 6.18. The number of nitrogens with one attached hydrogen (secondary N) is 3. The number of anilines is 1. The van der Waals surface area contributed by atoms with Gasteiger partial charge >= 0.3 is 6.09 Å². The van der Waals surface area contributed by atoms with Crippen molar-refractivity contribution < 1.29 is 9.53 Å². The van der Waals surface area contributed by atoms with Crippen molar-refractivity contribution in [3.8, 4) is 0 Å². The fraction of sp³-hybridized carbons (Fsp3) is 0.556. The Morgan fingerprint density at radius 2 is 2.50 bits per heavy atom. The van der Waals surface area contributed by atoms with Crippen molar-refractivity contribution in [3.63, 3.8) is 0 Å². The van der Waals surface area contributed by atoms with Gasteiger partial charge in [0.25, 0.3) is 0 Å². The number of rotatable bonds is 3. The molecule has 0 fully saturated rings. The van der Waals surface area contributed by atoms with Crippen molar-refractivity contribution in [1.29, 1.82) is 0 Å². The van der Waals surface area contributed by atoms with Crippen LogP contribution in [0, 0.1) is 0 Å². The molecule has 0 aliphatic carbocycles. The summed E-state index contributed by atoms with van der Waals surface area (Å²) in [5.41, 5.74) is 2.06. The highest BCUT2D eigenvalue weighted by atomic mass is 35.5. The summed E-state index contributed by atoms with van der Waals surface area (Å²) in [5.74, 6) is 0.815. The molecule has 16 heavy (non-hydrogen) atoms. The quantitative estimate of drug-likeness (QED) is 0.689. The summed E-state index contributed by atoms with van der Waals surface area (Å²) in [5, 5.41) is 12.7. The van der Waals surface area contributed by atoms with Crippen LogP contribution in [0.25, 0.3) is 0 Å². The summed E-state index contributed by atoms with van der Waals surface area (Å²) in [6.45, 7) is 1.82.